The molecule has 4 aromatic rings. The van der Waals surface area contributed by atoms with Crippen molar-refractivity contribution in [2.24, 2.45) is 0 Å². The van der Waals surface area contributed by atoms with Gasteiger partial charge in [0.05, 0.1) is 12.0 Å². The Labute approximate surface area is 182 Å². The second kappa shape index (κ2) is 8.52. The number of carbonyl (C=O) groups excluding carboxylic acids is 1. The van der Waals surface area contributed by atoms with Crippen molar-refractivity contribution >= 4 is 38.4 Å². The van der Waals surface area contributed by atoms with Gasteiger partial charge in [-0.2, -0.15) is 0 Å². The van der Waals surface area contributed by atoms with Crippen molar-refractivity contribution in [1.29, 1.82) is 0 Å². The van der Waals surface area contributed by atoms with E-state index >= 15 is 0 Å². The van der Waals surface area contributed by atoms with Crippen molar-refractivity contribution in [1.82, 2.24) is 4.98 Å². The van der Waals surface area contributed by atoms with Crippen LogP contribution in [0.3, 0.4) is 0 Å². The molecule has 0 aliphatic heterocycles. The second-order valence-corrected chi connectivity index (χ2v) is 8.33. The lowest BCUT2D eigenvalue weighted by atomic mass is 10.1. The molecule has 0 fully saturated rings. The van der Waals surface area contributed by atoms with Crippen molar-refractivity contribution in [2.75, 3.05) is 17.1 Å². The molecule has 0 unspecified atom stereocenters. The number of amides is 1. The number of hydrogen-bond donors (Lipinski definition) is 2. The number of nitrogens with one attached hydrogen (secondary N) is 2. The Morgan fingerprint density at radius 1 is 1.03 bits per heavy atom. The van der Waals surface area contributed by atoms with Gasteiger partial charge in [0.15, 0.2) is 0 Å². The zero-order valence-corrected chi connectivity index (χ0v) is 17.5. The predicted octanol–water partition coefficient (Wildman–Crippen LogP) is 3.25. The standard InChI is InChI=1S/C22H17N3O6S/c1-30-16-7-10-19-14(12-16)13-18(22(27)31-19)21(26)24-15-5-8-17(9-6-15)32(28,29)25-20-4-2-3-11-23-20/h2-13H,1H3,(H,23,25)(H,24,26). The maximum atomic E-state index is 12.6. The van der Waals surface area contributed by atoms with Gasteiger partial charge in [0.25, 0.3) is 15.9 Å². The third-order valence-electron chi connectivity index (χ3n) is 4.51. The van der Waals surface area contributed by atoms with E-state index in [9.17, 15) is 18.0 Å². The quantitative estimate of drug-likeness (QED) is 0.431. The van der Waals surface area contributed by atoms with Crippen molar-refractivity contribution in [3.8, 4) is 5.75 Å². The lowest BCUT2D eigenvalue weighted by Gasteiger charge is -2.09. The Hall–Kier alpha value is -4.18. The number of carbonyl (C=O) groups is 1. The number of anilines is 2. The summed E-state index contributed by atoms with van der Waals surface area (Å²) in [6, 6.07) is 16.6. The molecule has 9 nitrogen and oxygen atoms in total. The first kappa shape index (κ1) is 21.1. The first-order valence-electron chi connectivity index (χ1n) is 9.33. The van der Waals surface area contributed by atoms with Crippen molar-refractivity contribution < 1.29 is 22.4 Å². The summed E-state index contributed by atoms with van der Waals surface area (Å²) in [5, 5.41) is 3.09. The molecule has 2 aromatic heterocycles. The molecule has 0 spiro atoms. The number of fused-ring (bicyclic) bond motifs is 1. The van der Waals surface area contributed by atoms with Crippen LogP contribution in [-0.4, -0.2) is 26.4 Å². The molecule has 0 bridgehead atoms. The lowest BCUT2D eigenvalue weighted by Crippen LogP contribution is -2.20. The van der Waals surface area contributed by atoms with Crippen molar-refractivity contribution in [3.63, 3.8) is 0 Å². The van der Waals surface area contributed by atoms with Gasteiger partial charge in [-0.3, -0.25) is 9.52 Å². The molecular formula is C22H17N3O6S. The highest BCUT2D eigenvalue weighted by Crippen LogP contribution is 2.21. The highest BCUT2D eigenvalue weighted by Gasteiger charge is 2.17. The van der Waals surface area contributed by atoms with Gasteiger partial charge < -0.3 is 14.5 Å². The average Bonchev–Trinajstić information content (AvgIpc) is 2.79. The molecule has 1 amide bonds. The van der Waals surface area contributed by atoms with Gasteiger partial charge in [-0.15, -0.1) is 0 Å². The average molecular weight is 451 g/mol. The minimum atomic E-state index is -3.85. The van der Waals surface area contributed by atoms with E-state index in [1.165, 1.54) is 49.7 Å². The molecule has 2 N–H and O–H groups in total. The zero-order chi connectivity index (χ0) is 22.7. The molecule has 162 valence electrons. The predicted molar refractivity (Wildman–Crippen MR) is 118 cm³/mol. The van der Waals surface area contributed by atoms with Crippen LogP contribution >= 0.6 is 0 Å². The van der Waals surface area contributed by atoms with E-state index in [4.69, 9.17) is 9.15 Å². The normalized spacial score (nSPS) is 11.2. The van der Waals surface area contributed by atoms with E-state index in [-0.39, 0.29) is 16.3 Å². The highest BCUT2D eigenvalue weighted by atomic mass is 32.2. The molecule has 2 aromatic carbocycles. The number of ether oxygens (including phenoxy) is 1. The van der Waals surface area contributed by atoms with Crippen LogP contribution in [0.1, 0.15) is 10.4 Å². The summed E-state index contributed by atoms with van der Waals surface area (Å²) in [7, 11) is -2.35. The fourth-order valence-electron chi connectivity index (χ4n) is 2.92. The monoisotopic (exact) mass is 451 g/mol. The summed E-state index contributed by atoms with van der Waals surface area (Å²) >= 11 is 0. The van der Waals surface area contributed by atoms with E-state index in [1.807, 2.05) is 0 Å². The molecule has 32 heavy (non-hydrogen) atoms. The van der Waals surface area contributed by atoms with E-state index in [0.717, 1.165) is 0 Å². The van der Waals surface area contributed by atoms with Crippen LogP contribution in [-0.2, 0) is 10.0 Å². The van der Waals surface area contributed by atoms with Gasteiger partial charge in [0.1, 0.15) is 22.7 Å². The van der Waals surface area contributed by atoms with Crippen LogP contribution < -0.4 is 20.4 Å². The summed E-state index contributed by atoms with van der Waals surface area (Å²) in [6.45, 7) is 0. The molecule has 0 aliphatic rings. The van der Waals surface area contributed by atoms with E-state index in [1.54, 1.807) is 30.3 Å². The third kappa shape index (κ3) is 4.44. The zero-order valence-electron chi connectivity index (χ0n) is 16.7. The molecule has 0 saturated carbocycles. The number of benzene rings is 2. The molecule has 0 atom stereocenters. The van der Waals surface area contributed by atoms with Gasteiger partial charge in [-0.05, 0) is 60.7 Å². The van der Waals surface area contributed by atoms with Gasteiger partial charge in [0.2, 0.25) is 0 Å². The third-order valence-corrected chi connectivity index (χ3v) is 5.88. The number of sulfonamides is 1. The minimum absolute atomic E-state index is 0.0153. The van der Waals surface area contributed by atoms with Crippen LogP contribution in [0.25, 0.3) is 11.0 Å². The van der Waals surface area contributed by atoms with Crippen LogP contribution in [0.15, 0.2) is 87.0 Å². The van der Waals surface area contributed by atoms with E-state index < -0.39 is 21.6 Å². The van der Waals surface area contributed by atoms with E-state index in [2.05, 4.69) is 15.0 Å². The molecule has 0 radical (unpaired) electrons. The molecule has 0 aliphatic carbocycles. The lowest BCUT2D eigenvalue weighted by molar-refractivity contribution is 0.102. The van der Waals surface area contributed by atoms with Gasteiger partial charge in [0, 0.05) is 17.3 Å². The smallest absolute Gasteiger partial charge is 0.349 e. The Balaban J connectivity index is 1.54. The molecule has 0 saturated heterocycles. The van der Waals surface area contributed by atoms with Gasteiger partial charge >= 0.3 is 5.63 Å². The van der Waals surface area contributed by atoms with Crippen LogP contribution in [0, 0.1) is 0 Å². The Morgan fingerprint density at radius 3 is 2.50 bits per heavy atom. The SMILES string of the molecule is COc1ccc2oc(=O)c(C(=O)Nc3ccc(S(=O)(=O)Nc4ccccn4)cc3)cc2c1. The van der Waals surface area contributed by atoms with Crippen molar-refractivity contribution in [2.45, 2.75) is 4.90 Å². The first-order valence-corrected chi connectivity index (χ1v) is 10.8. The largest absolute Gasteiger partial charge is 0.497 e. The summed E-state index contributed by atoms with van der Waals surface area (Å²) in [6.07, 6.45) is 1.47. The summed E-state index contributed by atoms with van der Waals surface area (Å²) < 4.78 is 37.7. The molecular weight excluding hydrogens is 434 g/mol. The summed E-state index contributed by atoms with van der Waals surface area (Å²) in [5.41, 5.74) is -0.363. The van der Waals surface area contributed by atoms with Gasteiger partial charge in [-0.1, -0.05) is 6.07 Å². The summed E-state index contributed by atoms with van der Waals surface area (Å²) in [5.74, 6) is 0.0454. The number of hydrogen-bond acceptors (Lipinski definition) is 7. The number of rotatable bonds is 6. The van der Waals surface area contributed by atoms with Crippen LogP contribution in [0.5, 0.6) is 5.75 Å². The number of nitrogens with zero attached hydrogens (tertiary/aromatic N) is 1. The Bertz CT molecular complexity index is 1450. The topological polar surface area (TPSA) is 128 Å². The number of methoxy groups -OCH3 is 1. The molecule has 4 rings (SSSR count). The van der Waals surface area contributed by atoms with Crippen LogP contribution in [0.2, 0.25) is 0 Å². The van der Waals surface area contributed by atoms with Crippen molar-refractivity contribution in [3.05, 3.63) is 88.9 Å². The fourth-order valence-corrected chi connectivity index (χ4v) is 3.93. The molecule has 10 heteroatoms. The second-order valence-electron chi connectivity index (χ2n) is 6.65. The van der Waals surface area contributed by atoms with E-state index in [0.29, 0.717) is 22.4 Å². The highest BCUT2D eigenvalue weighted by molar-refractivity contribution is 7.92. The number of pyridine rings is 1. The maximum absolute atomic E-state index is 12.6. The van der Waals surface area contributed by atoms with Crippen LogP contribution in [0.4, 0.5) is 11.5 Å². The minimum Gasteiger partial charge on any atom is -0.497 e. The fraction of sp³-hybridized carbons (Fsp3) is 0.0455. The summed E-state index contributed by atoms with van der Waals surface area (Å²) in [4.78, 5) is 28.8. The Morgan fingerprint density at radius 2 is 1.81 bits per heavy atom. The maximum Gasteiger partial charge on any atom is 0.349 e. The first-order chi connectivity index (χ1) is 15.4. The van der Waals surface area contributed by atoms with Gasteiger partial charge in [-0.25, -0.2) is 18.2 Å². The number of aromatic nitrogens is 1. The molecule has 2 heterocycles. The Kier molecular flexibility index (Phi) is 5.61.